The van der Waals surface area contributed by atoms with Gasteiger partial charge in [-0.3, -0.25) is 4.79 Å². The van der Waals surface area contributed by atoms with Crippen molar-refractivity contribution in [3.8, 4) is 5.75 Å². The molecule has 0 aliphatic heterocycles. The average Bonchev–Trinajstić information content (AvgIpc) is 2.22. The lowest BCUT2D eigenvalue weighted by molar-refractivity contribution is -0.136. The van der Waals surface area contributed by atoms with Gasteiger partial charge in [-0.1, -0.05) is 0 Å². The maximum atomic E-state index is 13.1. The lowest BCUT2D eigenvalue weighted by Gasteiger charge is -2.09. The molecule has 1 aromatic carbocycles. The summed E-state index contributed by atoms with van der Waals surface area (Å²) in [5.41, 5.74) is -1.18. The van der Waals surface area contributed by atoms with Gasteiger partial charge in [-0.2, -0.15) is 8.78 Å². The van der Waals surface area contributed by atoms with Gasteiger partial charge >= 0.3 is 5.97 Å². The van der Waals surface area contributed by atoms with Crippen LogP contribution in [0, 0.1) is 23.3 Å². The number of hydrogen-bond donors (Lipinski definition) is 1. The Morgan fingerprint density at radius 2 is 1.56 bits per heavy atom. The quantitative estimate of drug-likeness (QED) is 0.646. The van der Waals surface area contributed by atoms with Crippen LogP contribution in [0.2, 0.25) is 0 Å². The van der Waals surface area contributed by atoms with Crippen LogP contribution in [-0.4, -0.2) is 18.2 Å². The van der Waals surface area contributed by atoms with Crippen molar-refractivity contribution in [3.05, 3.63) is 28.8 Å². The fourth-order valence-electron chi connectivity index (χ4n) is 1.14. The Morgan fingerprint density at radius 1 is 1.12 bits per heavy atom. The van der Waals surface area contributed by atoms with E-state index in [4.69, 9.17) is 5.11 Å². The van der Waals surface area contributed by atoms with E-state index in [1.54, 1.807) is 0 Å². The van der Waals surface area contributed by atoms with Crippen molar-refractivity contribution in [3.63, 3.8) is 0 Å². The normalized spacial score (nSPS) is 10.3. The monoisotopic (exact) mass is 238 g/mol. The third kappa shape index (κ3) is 1.93. The summed E-state index contributed by atoms with van der Waals surface area (Å²) in [7, 11) is 0.831. The van der Waals surface area contributed by atoms with Gasteiger partial charge in [-0.15, -0.1) is 0 Å². The molecule has 0 saturated heterocycles. The van der Waals surface area contributed by atoms with Gasteiger partial charge < -0.3 is 9.84 Å². The van der Waals surface area contributed by atoms with Gasteiger partial charge in [0.25, 0.3) is 0 Å². The van der Waals surface area contributed by atoms with Crippen LogP contribution >= 0.6 is 0 Å². The molecule has 0 bridgehead atoms. The highest BCUT2D eigenvalue weighted by molar-refractivity contribution is 5.70. The molecular formula is C9H6F4O3. The maximum Gasteiger partial charge on any atom is 0.308 e. The van der Waals surface area contributed by atoms with E-state index in [0.29, 0.717) is 0 Å². The van der Waals surface area contributed by atoms with Gasteiger partial charge in [0, 0.05) is 5.56 Å². The topological polar surface area (TPSA) is 46.5 Å². The zero-order chi connectivity index (χ0) is 12.5. The summed E-state index contributed by atoms with van der Waals surface area (Å²) in [6, 6.07) is 0. The van der Waals surface area contributed by atoms with Crippen molar-refractivity contribution in [1.82, 2.24) is 0 Å². The van der Waals surface area contributed by atoms with Crippen molar-refractivity contribution in [1.29, 1.82) is 0 Å². The second-order valence-corrected chi connectivity index (χ2v) is 2.84. The fourth-order valence-corrected chi connectivity index (χ4v) is 1.14. The lowest BCUT2D eigenvalue weighted by atomic mass is 10.1. The van der Waals surface area contributed by atoms with Crippen LogP contribution in [0.1, 0.15) is 5.56 Å². The molecule has 0 atom stereocenters. The SMILES string of the molecule is COc1c(F)c(F)c(CC(=O)O)c(F)c1F. The third-order valence-electron chi connectivity index (χ3n) is 1.85. The molecule has 0 fully saturated rings. The summed E-state index contributed by atoms with van der Waals surface area (Å²) in [5, 5.41) is 8.31. The molecule has 0 heterocycles. The Morgan fingerprint density at radius 3 is 1.88 bits per heavy atom. The van der Waals surface area contributed by atoms with Crippen molar-refractivity contribution in [2.75, 3.05) is 7.11 Å². The van der Waals surface area contributed by atoms with E-state index in [0.717, 1.165) is 7.11 Å². The molecular weight excluding hydrogens is 232 g/mol. The second-order valence-electron chi connectivity index (χ2n) is 2.84. The van der Waals surface area contributed by atoms with Crippen LogP contribution in [0.5, 0.6) is 5.75 Å². The minimum Gasteiger partial charge on any atom is -0.491 e. The number of aliphatic carboxylic acids is 1. The van der Waals surface area contributed by atoms with Crippen LogP contribution in [0.3, 0.4) is 0 Å². The molecule has 0 radical (unpaired) electrons. The molecule has 0 amide bonds. The van der Waals surface area contributed by atoms with Crippen molar-refractivity contribution >= 4 is 5.97 Å². The molecule has 0 spiro atoms. The molecule has 1 rings (SSSR count). The molecule has 0 saturated carbocycles. The fraction of sp³-hybridized carbons (Fsp3) is 0.222. The first kappa shape index (κ1) is 12.3. The van der Waals surface area contributed by atoms with E-state index in [1.807, 2.05) is 0 Å². The minimum atomic E-state index is -1.77. The van der Waals surface area contributed by atoms with Gasteiger partial charge in [0.05, 0.1) is 13.5 Å². The van der Waals surface area contributed by atoms with E-state index in [2.05, 4.69) is 4.74 Å². The summed E-state index contributed by atoms with van der Waals surface area (Å²) < 4.78 is 56.5. The highest BCUT2D eigenvalue weighted by Gasteiger charge is 2.27. The van der Waals surface area contributed by atoms with Gasteiger partial charge in [-0.25, -0.2) is 8.78 Å². The van der Waals surface area contributed by atoms with Gasteiger partial charge in [0.1, 0.15) is 0 Å². The van der Waals surface area contributed by atoms with Crippen LogP contribution in [0.4, 0.5) is 17.6 Å². The smallest absolute Gasteiger partial charge is 0.308 e. The highest BCUT2D eigenvalue weighted by Crippen LogP contribution is 2.29. The third-order valence-corrected chi connectivity index (χ3v) is 1.85. The molecule has 16 heavy (non-hydrogen) atoms. The maximum absolute atomic E-state index is 13.1. The van der Waals surface area contributed by atoms with Crippen LogP contribution in [0.25, 0.3) is 0 Å². The summed E-state index contributed by atoms with van der Waals surface area (Å²) >= 11 is 0. The molecule has 0 aliphatic rings. The van der Waals surface area contributed by atoms with E-state index in [-0.39, 0.29) is 0 Å². The molecule has 0 unspecified atom stereocenters. The Labute approximate surface area is 87.3 Å². The van der Waals surface area contributed by atoms with Crippen LogP contribution < -0.4 is 4.74 Å². The number of carbonyl (C=O) groups is 1. The molecule has 88 valence electrons. The molecule has 7 heteroatoms. The minimum absolute atomic E-state index is 0.831. The predicted molar refractivity (Wildman–Crippen MR) is 44.2 cm³/mol. The summed E-state index contributed by atoms with van der Waals surface area (Å²) in [6.45, 7) is 0. The van der Waals surface area contributed by atoms with E-state index in [9.17, 15) is 22.4 Å². The second kappa shape index (κ2) is 4.38. The molecule has 0 aromatic heterocycles. The number of carboxylic acids is 1. The first-order chi connectivity index (χ1) is 7.40. The Bertz CT molecular complexity index is 416. The van der Waals surface area contributed by atoms with Crippen molar-refractivity contribution in [2.24, 2.45) is 0 Å². The van der Waals surface area contributed by atoms with Gasteiger partial charge in [-0.05, 0) is 0 Å². The van der Waals surface area contributed by atoms with E-state index in [1.165, 1.54) is 0 Å². The van der Waals surface area contributed by atoms with Crippen molar-refractivity contribution < 1.29 is 32.2 Å². The zero-order valence-corrected chi connectivity index (χ0v) is 7.98. The number of benzene rings is 1. The van der Waals surface area contributed by atoms with Gasteiger partial charge in [0.2, 0.25) is 11.6 Å². The lowest BCUT2D eigenvalue weighted by Crippen LogP contribution is -2.10. The number of ether oxygens (including phenoxy) is 1. The van der Waals surface area contributed by atoms with Gasteiger partial charge in [0.15, 0.2) is 17.4 Å². The number of halogens is 4. The standard InChI is InChI=1S/C9H6F4O3/c1-16-9-7(12)5(10)3(2-4(14)15)6(11)8(9)13/h2H2,1H3,(H,14,15). The number of carboxylic acid groups (broad SMARTS) is 1. The van der Waals surface area contributed by atoms with Crippen LogP contribution in [0.15, 0.2) is 0 Å². The number of hydrogen-bond acceptors (Lipinski definition) is 2. The number of methoxy groups -OCH3 is 1. The zero-order valence-electron chi connectivity index (χ0n) is 7.98. The predicted octanol–water partition coefficient (Wildman–Crippen LogP) is 1.88. The Hall–Kier alpha value is -1.79. The number of rotatable bonds is 3. The van der Waals surface area contributed by atoms with Crippen LogP contribution in [-0.2, 0) is 11.2 Å². The molecule has 1 N–H and O–H groups in total. The van der Waals surface area contributed by atoms with E-state index < -0.39 is 47.0 Å². The first-order valence-corrected chi connectivity index (χ1v) is 4.00. The first-order valence-electron chi connectivity index (χ1n) is 4.00. The van der Waals surface area contributed by atoms with Crippen molar-refractivity contribution in [2.45, 2.75) is 6.42 Å². The summed E-state index contributed by atoms with van der Waals surface area (Å²) in [6.07, 6.45) is -1.16. The summed E-state index contributed by atoms with van der Waals surface area (Å²) in [5.74, 6) is -9.86. The average molecular weight is 238 g/mol. The summed E-state index contributed by atoms with van der Waals surface area (Å²) in [4.78, 5) is 10.2. The van der Waals surface area contributed by atoms with E-state index >= 15 is 0 Å². The molecule has 0 aliphatic carbocycles. The highest BCUT2D eigenvalue weighted by atomic mass is 19.2. The molecule has 1 aromatic rings. The molecule has 3 nitrogen and oxygen atoms in total. The largest absolute Gasteiger partial charge is 0.491 e. The Balaban J connectivity index is 3.47. The Kier molecular flexibility index (Phi) is 3.36.